The largest absolute Gasteiger partial charge is 0.467 e. The number of nitrogens with two attached hydrogens (primary N) is 1. The molecule has 2 aromatic carbocycles. The molecule has 142 valence electrons. The van der Waals surface area contributed by atoms with Crippen molar-refractivity contribution >= 4 is 55.4 Å². The van der Waals surface area contributed by atoms with E-state index in [1.165, 1.54) is 23.5 Å². The van der Waals surface area contributed by atoms with Gasteiger partial charge in [-0.25, -0.2) is 0 Å². The van der Waals surface area contributed by atoms with E-state index in [2.05, 4.69) is 15.9 Å². The van der Waals surface area contributed by atoms with Crippen LogP contribution in [0.25, 0.3) is 0 Å². The van der Waals surface area contributed by atoms with E-state index in [9.17, 15) is 13.2 Å². The fraction of sp³-hybridized carbons (Fsp3) is 0.118. The maximum atomic E-state index is 13.0. The molecule has 6 nitrogen and oxygen atoms in total. The summed E-state index contributed by atoms with van der Waals surface area (Å²) in [7, 11) is 0.277. The van der Waals surface area contributed by atoms with Crippen LogP contribution in [0.3, 0.4) is 0 Å². The van der Waals surface area contributed by atoms with Crippen LogP contribution in [0.2, 0.25) is 0 Å². The molecular formula is C17H17B3BrNO5S. The second kappa shape index (κ2) is 7.04. The van der Waals surface area contributed by atoms with Gasteiger partial charge in [0.25, 0.3) is 0 Å². The van der Waals surface area contributed by atoms with Crippen LogP contribution in [0.4, 0.5) is 0 Å². The number of ketones is 1. The van der Waals surface area contributed by atoms with Crippen molar-refractivity contribution in [2.45, 2.75) is 10.0 Å². The molecule has 0 saturated carbocycles. The monoisotopic (exact) mass is 459 g/mol. The van der Waals surface area contributed by atoms with Gasteiger partial charge in [-0.1, -0.05) is 58.4 Å². The highest BCUT2D eigenvalue weighted by Crippen LogP contribution is 2.38. The molecule has 0 aromatic heterocycles. The minimum absolute atomic E-state index is 0.361. The lowest BCUT2D eigenvalue weighted by Crippen LogP contribution is -2.40. The van der Waals surface area contributed by atoms with Gasteiger partial charge in [0.2, 0.25) is 17.4 Å². The molecule has 1 heterocycles. The minimum atomic E-state index is -4.25. The highest BCUT2D eigenvalue weighted by atomic mass is 79.9. The van der Waals surface area contributed by atoms with Crippen LogP contribution in [-0.4, -0.2) is 37.7 Å². The molecule has 0 bridgehead atoms. The Hall–Kier alpha value is -2.13. The van der Waals surface area contributed by atoms with Gasteiger partial charge < -0.3 is 14.7 Å². The molecular weight excluding hydrogens is 443 g/mol. The molecule has 0 aliphatic carbocycles. The third-order valence-electron chi connectivity index (χ3n) is 4.84. The van der Waals surface area contributed by atoms with Crippen LogP contribution in [0.5, 0.6) is 0 Å². The number of ether oxygens (including phenoxy) is 1. The number of carbonyl (C=O) groups is 1. The van der Waals surface area contributed by atoms with Gasteiger partial charge in [0.1, 0.15) is 15.7 Å². The van der Waals surface area contributed by atoms with E-state index < -0.39 is 31.7 Å². The zero-order valence-corrected chi connectivity index (χ0v) is 18.0. The summed E-state index contributed by atoms with van der Waals surface area (Å²) in [4.78, 5) is 13.0. The smallest absolute Gasteiger partial charge is 0.304 e. The minimum Gasteiger partial charge on any atom is -0.467 e. The molecule has 0 saturated heterocycles. The third kappa shape index (κ3) is 3.37. The summed E-state index contributed by atoms with van der Waals surface area (Å²) in [6.07, 6.45) is 0. The molecule has 0 fully saturated rings. The van der Waals surface area contributed by atoms with Crippen molar-refractivity contribution in [2.75, 3.05) is 0 Å². The number of carbonyl (C=O) groups excluding carboxylic acids is 1. The quantitative estimate of drug-likeness (QED) is 0.473. The van der Waals surface area contributed by atoms with Crippen molar-refractivity contribution in [1.29, 1.82) is 0 Å². The van der Waals surface area contributed by atoms with Crippen molar-refractivity contribution in [3.8, 4) is 0 Å². The Morgan fingerprint density at radius 2 is 1.75 bits per heavy atom. The van der Waals surface area contributed by atoms with Gasteiger partial charge >= 0.3 is 10.1 Å². The molecule has 28 heavy (non-hydrogen) atoms. The van der Waals surface area contributed by atoms with Crippen molar-refractivity contribution in [2.24, 2.45) is 5.73 Å². The van der Waals surface area contributed by atoms with E-state index in [0.717, 1.165) is 4.47 Å². The van der Waals surface area contributed by atoms with Crippen molar-refractivity contribution in [3.05, 3.63) is 81.8 Å². The van der Waals surface area contributed by atoms with Crippen molar-refractivity contribution in [3.63, 3.8) is 0 Å². The van der Waals surface area contributed by atoms with Crippen molar-refractivity contribution < 1.29 is 22.1 Å². The number of Topliss-reactive ketones (excluding diaryl/α,β-unsaturated/α-hetero) is 1. The fourth-order valence-corrected chi connectivity index (χ4v) is 4.30. The number of benzene rings is 2. The summed E-state index contributed by atoms with van der Waals surface area (Å²) in [5.41, 5.74) is 5.41. The average Bonchev–Trinajstić information content (AvgIpc) is 2.86. The second-order valence-electron chi connectivity index (χ2n) is 7.08. The van der Waals surface area contributed by atoms with Crippen LogP contribution < -0.4 is 5.73 Å². The van der Waals surface area contributed by atoms with Gasteiger partial charge in [0, 0.05) is 4.47 Å². The SMILES string of the molecule is BC(B)(c1ccccc1)S(=O)(=O)OC1=C(N)O[C@](B)(c2cccc(Br)c2)C1=O. The first-order valence-electron chi connectivity index (χ1n) is 8.48. The third-order valence-corrected chi connectivity index (χ3v) is 7.20. The highest BCUT2D eigenvalue weighted by Gasteiger charge is 2.50. The van der Waals surface area contributed by atoms with Gasteiger partial charge in [0.05, 0.1) is 4.55 Å². The normalized spacial score (nSPS) is 20.1. The molecule has 11 heteroatoms. The van der Waals surface area contributed by atoms with Crippen LogP contribution >= 0.6 is 15.9 Å². The van der Waals surface area contributed by atoms with Gasteiger partial charge in [0.15, 0.2) is 13.3 Å². The fourth-order valence-electron chi connectivity index (χ4n) is 2.89. The maximum absolute atomic E-state index is 13.0. The predicted octanol–water partition coefficient (Wildman–Crippen LogP) is -0.615. The van der Waals surface area contributed by atoms with Gasteiger partial charge in [-0.15, -0.1) is 0 Å². The van der Waals surface area contributed by atoms with Crippen LogP contribution in [0.1, 0.15) is 11.1 Å². The van der Waals surface area contributed by atoms with Crippen molar-refractivity contribution in [1.82, 2.24) is 0 Å². The molecule has 0 spiro atoms. The van der Waals surface area contributed by atoms with Crippen LogP contribution in [0.15, 0.2) is 70.7 Å². The number of rotatable bonds is 5. The zero-order valence-electron chi connectivity index (χ0n) is 15.6. The molecule has 2 N–H and O–H groups in total. The first-order chi connectivity index (χ1) is 13.0. The number of hydrogen-bond acceptors (Lipinski definition) is 6. The van der Waals surface area contributed by atoms with Gasteiger partial charge in [-0.2, -0.15) is 8.42 Å². The van der Waals surface area contributed by atoms with Gasteiger partial charge in [-0.05, 0) is 23.3 Å². The Balaban J connectivity index is 1.94. The molecule has 1 aliphatic rings. The first kappa shape index (κ1) is 20.6. The molecule has 3 rings (SSSR count). The predicted molar refractivity (Wildman–Crippen MR) is 117 cm³/mol. The van der Waals surface area contributed by atoms with E-state index in [1.807, 2.05) is 0 Å². The topological polar surface area (TPSA) is 95.7 Å². The van der Waals surface area contributed by atoms with Gasteiger partial charge in [-0.3, -0.25) is 4.79 Å². The summed E-state index contributed by atoms with van der Waals surface area (Å²) < 4.78 is 36.1. The Morgan fingerprint density at radius 1 is 1.11 bits per heavy atom. The molecule has 1 atom stereocenters. The molecule has 2 aromatic rings. The lowest BCUT2D eigenvalue weighted by atomic mass is 9.65. The van der Waals surface area contributed by atoms with E-state index in [4.69, 9.17) is 14.7 Å². The molecule has 1 aliphatic heterocycles. The van der Waals surface area contributed by atoms with E-state index in [1.54, 1.807) is 54.6 Å². The standard InChI is InChI=1S/C17H17B3BrNO5S/c18-16(11-7-4-8-12(21)9-11)14(23)13(15(22)26-16)27-28(24,25)17(19,20)10-5-2-1-3-6-10/h1-9H,18-20,22H2/t16-/m1/s1. The Bertz CT molecular complexity index is 1080. The lowest BCUT2D eigenvalue weighted by Gasteiger charge is -2.26. The summed E-state index contributed by atoms with van der Waals surface area (Å²) in [5, 5.41) is 0. The first-order valence-corrected chi connectivity index (χ1v) is 10.7. The Labute approximate surface area is 175 Å². The van der Waals surface area contributed by atoms with E-state index in [0.29, 0.717) is 11.1 Å². The molecule has 0 amide bonds. The summed E-state index contributed by atoms with van der Waals surface area (Å²) in [6.45, 7) is 0. The summed E-state index contributed by atoms with van der Waals surface area (Å²) >= 11 is 3.35. The number of hydrogen-bond donors (Lipinski definition) is 1. The van der Waals surface area contributed by atoms with Crippen LogP contribution in [-0.2, 0) is 33.9 Å². The molecule has 0 radical (unpaired) electrons. The van der Waals surface area contributed by atoms with E-state index in [-0.39, 0.29) is 5.88 Å². The summed E-state index contributed by atoms with van der Waals surface area (Å²) in [5.74, 6) is -1.53. The van der Waals surface area contributed by atoms with E-state index >= 15 is 0 Å². The summed E-state index contributed by atoms with van der Waals surface area (Å²) in [6, 6.07) is 15.5. The molecule has 0 unspecified atom stereocenters. The zero-order chi connectivity index (χ0) is 20.7. The average molecular weight is 460 g/mol. The van der Waals surface area contributed by atoms with Crippen LogP contribution in [0, 0.1) is 0 Å². The Kier molecular flexibility index (Phi) is 5.18. The number of halogens is 1. The Morgan fingerprint density at radius 3 is 2.36 bits per heavy atom. The lowest BCUT2D eigenvalue weighted by molar-refractivity contribution is -0.126. The second-order valence-corrected chi connectivity index (χ2v) is 10.1. The maximum Gasteiger partial charge on any atom is 0.304 e. The highest BCUT2D eigenvalue weighted by molar-refractivity contribution is 9.10.